The number of carbonyl (C=O) groups excluding carboxylic acids is 1. The number of carboxylic acid groups (broad SMARTS) is 1. The Hall–Kier alpha value is -1.52. The molecule has 0 heterocycles. The highest BCUT2D eigenvalue weighted by atomic mass is 16.4. The van der Waals surface area contributed by atoms with Gasteiger partial charge in [0.1, 0.15) is 5.54 Å². The van der Waals surface area contributed by atoms with Crippen LogP contribution >= 0.6 is 0 Å². The quantitative estimate of drug-likeness (QED) is 0.449. The van der Waals surface area contributed by atoms with Gasteiger partial charge in [-0.1, -0.05) is 12.5 Å². The Balaban J connectivity index is 3.66. The van der Waals surface area contributed by atoms with Crippen molar-refractivity contribution in [1.82, 2.24) is 10.6 Å². The van der Waals surface area contributed by atoms with Crippen molar-refractivity contribution in [1.29, 1.82) is 0 Å². The maximum atomic E-state index is 11.4. The third-order valence-corrected chi connectivity index (χ3v) is 2.33. The molecule has 2 amide bonds. The van der Waals surface area contributed by atoms with Crippen molar-refractivity contribution in [2.75, 3.05) is 6.54 Å². The molecule has 0 radical (unpaired) electrons. The van der Waals surface area contributed by atoms with Crippen molar-refractivity contribution in [2.24, 2.45) is 0 Å². The number of unbranched alkanes of at least 4 members (excludes halogenated alkanes) is 3. The van der Waals surface area contributed by atoms with Crippen molar-refractivity contribution in [3.8, 4) is 0 Å². The van der Waals surface area contributed by atoms with Gasteiger partial charge in [-0.2, -0.15) is 0 Å². The van der Waals surface area contributed by atoms with E-state index in [0.29, 0.717) is 6.54 Å². The summed E-state index contributed by atoms with van der Waals surface area (Å²) in [4.78, 5) is 22.1. The molecule has 0 saturated carbocycles. The number of rotatable bonds is 8. The minimum absolute atomic E-state index is 0.443. The average molecular weight is 242 g/mol. The van der Waals surface area contributed by atoms with Gasteiger partial charge >= 0.3 is 12.0 Å². The fourth-order valence-corrected chi connectivity index (χ4v) is 1.17. The number of hydrogen-bond donors (Lipinski definition) is 3. The van der Waals surface area contributed by atoms with E-state index in [2.05, 4.69) is 17.2 Å². The summed E-state index contributed by atoms with van der Waals surface area (Å²) in [6.07, 6.45) is 5.82. The number of allylic oxidation sites excluding steroid dienone is 1. The smallest absolute Gasteiger partial charge is 0.328 e. The molecule has 3 N–H and O–H groups in total. The van der Waals surface area contributed by atoms with Gasteiger partial charge in [-0.25, -0.2) is 9.59 Å². The molecule has 0 atom stereocenters. The molecule has 0 fully saturated rings. The van der Waals surface area contributed by atoms with E-state index in [0.717, 1.165) is 25.7 Å². The van der Waals surface area contributed by atoms with Crippen LogP contribution in [0.15, 0.2) is 12.7 Å². The lowest BCUT2D eigenvalue weighted by Crippen LogP contribution is -2.53. The van der Waals surface area contributed by atoms with E-state index >= 15 is 0 Å². The van der Waals surface area contributed by atoms with Crippen molar-refractivity contribution < 1.29 is 14.7 Å². The third kappa shape index (κ3) is 7.38. The van der Waals surface area contributed by atoms with Crippen molar-refractivity contribution >= 4 is 12.0 Å². The number of urea groups is 1. The van der Waals surface area contributed by atoms with E-state index < -0.39 is 17.5 Å². The summed E-state index contributed by atoms with van der Waals surface area (Å²) in [5.41, 5.74) is -1.24. The average Bonchev–Trinajstić information content (AvgIpc) is 2.22. The van der Waals surface area contributed by atoms with Crippen LogP contribution in [0, 0.1) is 0 Å². The Morgan fingerprint density at radius 1 is 1.29 bits per heavy atom. The van der Waals surface area contributed by atoms with Crippen LogP contribution < -0.4 is 10.6 Å². The predicted octanol–water partition coefficient (Wildman–Crippen LogP) is 1.90. The molecular weight excluding hydrogens is 220 g/mol. The maximum absolute atomic E-state index is 11.4. The van der Waals surface area contributed by atoms with Crippen molar-refractivity contribution in [3.63, 3.8) is 0 Å². The van der Waals surface area contributed by atoms with E-state index in [1.54, 1.807) is 0 Å². The second-order valence-electron chi connectivity index (χ2n) is 4.45. The first kappa shape index (κ1) is 15.5. The minimum Gasteiger partial charge on any atom is -0.480 e. The fraction of sp³-hybridized carbons (Fsp3) is 0.667. The molecule has 0 aromatic carbocycles. The molecule has 0 saturated heterocycles. The zero-order chi connectivity index (χ0) is 13.3. The van der Waals surface area contributed by atoms with E-state index in [1.165, 1.54) is 13.8 Å². The highest BCUT2D eigenvalue weighted by molar-refractivity contribution is 5.85. The fourth-order valence-electron chi connectivity index (χ4n) is 1.17. The van der Waals surface area contributed by atoms with Gasteiger partial charge < -0.3 is 15.7 Å². The first-order valence-electron chi connectivity index (χ1n) is 5.80. The Kier molecular flexibility index (Phi) is 7.02. The Morgan fingerprint density at radius 3 is 2.47 bits per heavy atom. The molecule has 17 heavy (non-hydrogen) atoms. The molecule has 0 rings (SSSR count). The summed E-state index contributed by atoms with van der Waals surface area (Å²) >= 11 is 0. The molecule has 0 spiro atoms. The largest absolute Gasteiger partial charge is 0.480 e. The number of hydrogen-bond acceptors (Lipinski definition) is 2. The second-order valence-corrected chi connectivity index (χ2v) is 4.45. The van der Waals surface area contributed by atoms with Gasteiger partial charge in [0.2, 0.25) is 0 Å². The van der Waals surface area contributed by atoms with E-state index in [-0.39, 0.29) is 0 Å². The molecule has 0 aliphatic heterocycles. The molecular formula is C12H22N2O3. The Bertz CT molecular complexity index is 275. The lowest BCUT2D eigenvalue weighted by atomic mass is 10.1. The van der Waals surface area contributed by atoms with E-state index in [1.807, 2.05) is 6.08 Å². The maximum Gasteiger partial charge on any atom is 0.328 e. The van der Waals surface area contributed by atoms with Gasteiger partial charge in [0, 0.05) is 6.54 Å². The highest BCUT2D eigenvalue weighted by Gasteiger charge is 2.28. The van der Waals surface area contributed by atoms with Gasteiger partial charge in [0.05, 0.1) is 0 Å². The van der Waals surface area contributed by atoms with Crippen molar-refractivity contribution in [3.05, 3.63) is 12.7 Å². The van der Waals surface area contributed by atoms with Crippen LogP contribution in [-0.2, 0) is 4.79 Å². The number of carbonyl (C=O) groups is 2. The number of amides is 2. The van der Waals surface area contributed by atoms with Gasteiger partial charge in [-0.15, -0.1) is 6.58 Å². The van der Waals surface area contributed by atoms with Crippen molar-refractivity contribution in [2.45, 2.75) is 45.1 Å². The molecule has 0 bridgehead atoms. The molecule has 0 aromatic heterocycles. The minimum atomic E-state index is -1.24. The number of aliphatic carboxylic acids is 1. The molecule has 0 aromatic rings. The van der Waals surface area contributed by atoms with Gasteiger partial charge in [-0.3, -0.25) is 0 Å². The van der Waals surface area contributed by atoms with E-state index in [4.69, 9.17) is 5.11 Å². The van der Waals surface area contributed by atoms with Crippen LogP contribution in [0.25, 0.3) is 0 Å². The van der Waals surface area contributed by atoms with Gasteiger partial charge in [-0.05, 0) is 33.1 Å². The monoisotopic (exact) mass is 242 g/mol. The molecule has 5 heteroatoms. The lowest BCUT2D eigenvalue weighted by Gasteiger charge is -2.21. The number of carboxylic acids is 1. The summed E-state index contributed by atoms with van der Waals surface area (Å²) in [5.74, 6) is -1.06. The SMILES string of the molecule is C=CCCCCCNC(=O)NC(C)(C)C(=O)O. The van der Waals surface area contributed by atoms with Gasteiger partial charge in [0.25, 0.3) is 0 Å². The third-order valence-electron chi connectivity index (χ3n) is 2.33. The number of nitrogens with one attached hydrogen (secondary N) is 2. The summed E-state index contributed by atoms with van der Waals surface area (Å²) in [6, 6.07) is -0.443. The molecule has 0 aliphatic rings. The van der Waals surface area contributed by atoms with Crippen LogP contribution in [-0.4, -0.2) is 29.2 Å². The predicted molar refractivity (Wildman–Crippen MR) is 66.9 cm³/mol. The standard InChI is InChI=1S/C12H22N2O3/c1-4-5-6-7-8-9-13-11(17)14-12(2,3)10(15)16/h4H,1,5-9H2,2-3H3,(H,15,16)(H2,13,14,17). The summed E-state index contributed by atoms with van der Waals surface area (Å²) < 4.78 is 0. The highest BCUT2D eigenvalue weighted by Crippen LogP contribution is 2.01. The van der Waals surface area contributed by atoms with Crippen LogP contribution in [0.1, 0.15) is 39.5 Å². The summed E-state index contributed by atoms with van der Waals surface area (Å²) in [5, 5.41) is 13.8. The van der Waals surface area contributed by atoms with Crippen LogP contribution in [0.3, 0.4) is 0 Å². The molecule has 5 nitrogen and oxygen atoms in total. The van der Waals surface area contributed by atoms with Crippen LogP contribution in [0.5, 0.6) is 0 Å². The van der Waals surface area contributed by atoms with Gasteiger partial charge in [0.15, 0.2) is 0 Å². The van der Waals surface area contributed by atoms with E-state index in [9.17, 15) is 9.59 Å². The lowest BCUT2D eigenvalue weighted by molar-refractivity contribution is -0.142. The normalized spacial score (nSPS) is 10.7. The van der Waals surface area contributed by atoms with Crippen LogP contribution in [0.2, 0.25) is 0 Å². The summed E-state index contributed by atoms with van der Waals surface area (Å²) in [7, 11) is 0. The van der Waals surface area contributed by atoms with Crippen LogP contribution in [0.4, 0.5) is 4.79 Å². The molecule has 98 valence electrons. The zero-order valence-corrected chi connectivity index (χ0v) is 10.6. The Morgan fingerprint density at radius 2 is 1.94 bits per heavy atom. The topological polar surface area (TPSA) is 78.4 Å². The molecule has 0 unspecified atom stereocenters. The Labute approximate surface area is 102 Å². The first-order valence-corrected chi connectivity index (χ1v) is 5.80. The molecule has 0 aliphatic carbocycles. The first-order chi connectivity index (χ1) is 7.90. The second kappa shape index (κ2) is 7.70. The zero-order valence-electron chi connectivity index (χ0n) is 10.6. The summed E-state index contributed by atoms with van der Waals surface area (Å²) in [6.45, 7) is 7.07.